The van der Waals surface area contributed by atoms with E-state index in [0.29, 0.717) is 5.41 Å². The first-order valence-electron chi connectivity index (χ1n) is 4.48. The second-order valence-corrected chi connectivity index (χ2v) is 6.09. The van der Waals surface area contributed by atoms with Crippen LogP contribution in [0.4, 0.5) is 0 Å². The lowest BCUT2D eigenvalue weighted by atomic mass is 10.0. The van der Waals surface area contributed by atoms with E-state index in [1.165, 1.54) is 4.90 Å². The van der Waals surface area contributed by atoms with Gasteiger partial charge in [-0.2, -0.15) is 0 Å². The highest BCUT2D eigenvalue weighted by Gasteiger charge is 2.16. The number of benzene rings is 1. The largest absolute Gasteiger partial charge is 0.126 e. The predicted molar refractivity (Wildman–Crippen MR) is 69.8 cm³/mol. The quantitative estimate of drug-likeness (QED) is 0.565. The fraction of sp³-hybridized carbons (Fsp3) is 0.455. The summed E-state index contributed by atoms with van der Waals surface area (Å²) in [6, 6.07) is 8.00. The van der Waals surface area contributed by atoms with Crippen LogP contribution in [0.2, 0.25) is 5.02 Å². The molecular formula is C11H14BrClS. The SMILES string of the molecule is CC(C)(CBr)CSc1cccc(Cl)c1. The highest BCUT2D eigenvalue weighted by atomic mass is 79.9. The van der Waals surface area contributed by atoms with Crippen molar-refractivity contribution in [3.05, 3.63) is 29.3 Å². The molecule has 0 saturated carbocycles. The van der Waals surface area contributed by atoms with E-state index in [1.807, 2.05) is 30.0 Å². The van der Waals surface area contributed by atoms with Crippen molar-refractivity contribution in [2.45, 2.75) is 18.7 Å². The highest BCUT2D eigenvalue weighted by molar-refractivity contribution is 9.09. The molecule has 0 fully saturated rings. The summed E-state index contributed by atoms with van der Waals surface area (Å²) >= 11 is 11.3. The molecule has 78 valence electrons. The molecule has 0 nitrogen and oxygen atoms in total. The zero-order chi connectivity index (χ0) is 10.6. The van der Waals surface area contributed by atoms with E-state index in [1.54, 1.807) is 0 Å². The van der Waals surface area contributed by atoms with Crippen molar-refractivity contribution in [3.63, 3.8) is 0 Å². The van der Waals surface area contributed by atoms with E-state index >= 15 is 0 Å². The van der Waals surface area contributed by atoms with Crippen LogP contribution in [0.5, 0.6) is 0 Å². The molecule has 0 saturated heterocycles. The van der Waals surface area contributed by atoms with Crippen LogP contribution < -0.4 is 0 Å². The Morgan fingerprint density at radius 1 is 1.43 bits per heavy atom. The van der Waals surface area contributed by atoms with E-state index in [4.69, 9.17) is 11.6 Å². The molecule has 0 unspecified atom stereocenters. The zero-order valence-electron chi connectivity index (χ0n) is 8.39. The molecule has 0 radical (unpaired) electrons. The molecule has 0 aliphatic heterocycles. The Kier molecular flexibility index (Phi) is 4.81. The number of thioether (sulfide) groups is 1. The van der Waals surface area contributed by atoms with Crippen molar-refractivity contribution in [3.8, 4) is 0 Å². The molecule has 0 aliphatic rings. The van der Waals surface area contributed by atoms with Gasteiger partial charge < -0.3 is 0 Å². The number of rotatable bonds is 4. The van der Waals surface area contributed by atoms with E-state index in [2.05, 4.69) is 35.8 Å². The molecule has 0 atom stereocenters. The van der Waals surface area contributed by atoms with Gasteiger partial charge in [0.15, 0.2) is 0 Å². The highest BCUT2D eigenvalue weighted by Crippen LogP contribution is 2.30. The molecule has 3 heteroatoms. The first kappa shape index (κ1) is 12.4. The van der Waals surface area contributed by atoms with Crippen molar-refractivity contribution in [1.82, 2.24) is 0 Å². The molecule has 1 aromatic carbocycles. The summed E-state index contributed by atoms with van der Waals surface area (Å²) < 4.78 is 0. The minimum atomic E-state index is 0.326. The van der Waals surface area contributed by atoms with Crippen LogP contribution in [0.1, 0.15) is 13.8 Å². The summed E-state index contributed by atoms with van der Waals surface area (Å²) in [5, 5.41) is 1.83. The van der Waals surface area contributed by atoms with Gasteiger partial charge in [-0.05, 0) is 23.6 Å². The van der Waals surface area contributed by atoms with Crippen LogP contribution in [0.25, 0.3) is 0 Å². The van der Waals surface area contributed by atoms with Gasteiger partial charge in [0.05, 0.1) is 0 Å². The van der Waals surface area contributed by atoms with Crippen molar-refractivity contribution < 1.29 is 0 Å². The van der Waals surface area contributed by atoms with Crippen molar-refractivity contribution in [2.75, 3.05) is 11.1 Å². The molecule has 0 spiro atoms. The van der Waals surface area contributed by atoms with Crippen LogP contribution in [-0.2, 0) is 0 Å². The molecule has 0 amide bonds. The lowest BCUT2D eigenvalue weighted by Gasteiger charge is -2.20. The second-order valence-electron chi connectivity index (χ2n) is 4.04. The van der Waals surface area contributed by atoms with E-state index < -0.39 is 0 Å². The second kappa shape index (κ2) is 5.43. The molecule has 0 N–H and O–H groups in total. The van der Waals surface area contributed by atoms with Crippen LogP contribution >= 0.6 is 39.3 Å². The minimum absolute atomic E-state index is 0.326. The number of hydrogen-bond donors (Lipinski definition) is 0. The van der Waals surface area contributed by atoms with E-state index in [0.717, 1.165) is 16.1 Å². The van der Waals surface area contributed by atoms with Gasteiger partial charge in [0, 0.05) is 21.0 Å². The smallest absolute Gasteiger partial charge is 0.0417 e. The van der Waals surface area contributed by atoms with Gasteiger partial charge >= 0.3 is 0 Å². The monoisotopic (exact) mass is 292 g/mol. The van der Waals surface area contributed by atoms with Crippen LogP contribution in [0.15, 0.2) is 29.2 Å². The van der Waals surface area contributed by atoms with Crippen LogP contribution in [0, 0.1) is 5.41 Å². The summed E-state index contributed by atoms with van der Waals surface area (Å²) in [5.41, 5.74) is 0.326. The Hall–Kier alpha value is 0.340. The molecule has 1 rings (SSSR count). The van der Waals surface area contributed by atoms with Gasteiger partial charge in [-0.1, -0.05) is 47.4 Å². The van der Waals surface area contributed by atoms with Crippen LogP contribution in [0.3, 0.4) is 0 Å². The lowest BCUT2D eigenvalue weighted by Crippen LogP contribution is -2.15. The minimum Gasteiger partial charge on any atom is -0.126 e. The number of alkyl halides is 1. The molecule has 14 heavy (non-hydrogen) atoms. The van der Waals surface area contributed by atoms with Gasteiger partial charge in [-0.3, -0.25) is 0 Å². The zero-order valence-corrected chi connectivity index (χ0v) is 11.5. The Morgan fingerprint density at radius 2 is 2.14 bits per heavy atom. The fourth-order valence-corrected chi connectivity index (χ4v) is 2.63. The van der Waals surface area contributed by atoms with Gasteiger partial charge in [0.2, 0.25) is 0 Å². The molecule has 0 bridgehead atoms. The summed E-state index contributed by atoms with van der Waals surface area (Å²) in [5.74, 6) is 1.10. The Balaban J connectivity index is 2.54. The Morgan fingerprint density at radius 3 is 2.71 bits per heavy atom. The molecule has 0 heterocycles. The first-order chi connectivity index (χ1) is 6.53. The van der Waals surface area contributed by atoms with Gasteiger partial charge in [0.25, 0.3) is 0 Å². The fourth-order valence-electron chi connectivity index (χ4n) is 0.874. The molecule has 1 aromatic rings. The predicted octanol–water partition coefficient (Wildman–Crippen LogP) is 4.85. The third-order valence-electron chi connectivity index (χ3n) is 1.79. The maximum atomic E-state index is 5.91. The normalized spacial score (nSPS) is 11.7. The van der Waals surface area contributed by atoms with E-state index in [9.17, 15) is 0 Å². The molecule has 0 aliphatic carbocycles. The summed E-state index contributed by atoms with van der Waals surface area (Å²) in [7, 11) is 0. The number of hydrogen-bond acceptors (Lipinski definition) is 1. The average Bonchev–Trinajstić information content (AvgIpc) is 2.15. The van der Waals surface area contributed by atoms with Gasteiger partial charge in [-0.25, -0.2) is 0 Å². The third-order valence-corrected chi connectivity index (χ3v) is 5.05. The molecular weight excluding hydrogens is 280 g/mol. The third kappa shape index (κ3) is 4.24. The summed E-state index contributed by atoms with van der Waals surface area (Å²) in [4.78, 5) is 1.24. The Labute approximate surface area is 104 Å². The first-order valence-corrected chi connectivity index (χ1v) is 6.96. The lowest BCUT2D eigenvalue weighted by molar-refractivity contribution is 0.496. The summed E-state index contributed by atoms with van der Waals surface area (Å²) in [6.45, 7) is 4.50. The van der Waals surface area contributed by atoms with Crippen molar-refractivity contribution >= 4 is 39.3 Å². The maximum absolute atomic E-state index is 5.91. The Bertz CT molecular complexity index is 299. The topological polar surface area (TPSA) is 0 Å². The standard InChI is InChI=1S/C11H14BrClS/c1-11(2,7-12)8-14-10-5-3-4-9(13)6-10/h3-6H,7-8H2,1-2H3. The van der Waals surface area contributed by atoms with Gasteiger partial charge in [0.1, 0.15) is 0 Å². The van der Waals surface area contributed by atoms with Crippen LogP contribution in [-0.4, -0.2) is 11.1 Å². The van der Waals surface area contributed by atoms with E-state index in [-0.39, 0.29) is 0 Å². The number of halogens is 2. The van der Waals surface area contributed by atoms with Gasteiger partial charge in [-0.15, -0.1) is 11.8 Å². The average molecular weight is 294 g/mol. The summed E-state index contributed by atoms with van der Waals surface area (Å²) in [6.07, 6.45) is 0. The van der Waals surface area contributed by atoms with Crippen molar-refractivity contribution in [2.24, 2.45) is 5.41 Å². The van der Waals surface area contributed by atoms with Crippen molar-refractivity contribution in [1.29, 1.82) is 0 Å². The maximum Gasteiger partial charge on any atom is 0.0417 e. The molecule has 0 aromatic heterocycles.